The predicted molar refractivity (Wildman–Crippen MR) is 65.3 cm³/mol. The van der Waals surface area contributed by atoms with E-state index in [9.17, 15) is 4.79 Å². The second kappa shape index (κ2) is 5.39. The van der Waals surface area contributed by atoms with Crippen molar-refractivity contribution in [2.45, 2.75) is 58.6 Å². The maximum Gasteiger partial charge on any atom is 0.407 e. The summed E-state index contributed by atoms with van der Waals surface area (Å²) in [7, 11) is 0. The molecule has 1 aliphatic carbocycles. The van der Waals surface area contributed by atoms with Crippen LogP contribution in [0.5, 0.6) is 0 Å². The number of hydrogen-bond acceptors (Lipinski definition) is 3. The van der Waals surface area contributed by atoms with Crippen molar-refractivity contribution in [3.05, 3.63) is 0 Å². The van der Waals surface area contributed by atoms with E-state index in [0.29, 0.717) is 5.92 Å². The molecule has 0 heterocycles. The Kier molecular flexibility index (Phi) is 4.39. The molecule has 0 bridgehead atoms. The molecule has 4 heteroatoms. The number of hydrogen-bond donors (Lipinski definition) is 1. The van der Waals surface area contributed by atoms with Crippen molar-refractivity contribution in [1.29, 1.82) is 5.26 Å². The van der Waals surface area contributed by atoms with Crippen LogP contribution in [0.1, 0.15) is 47.0 Å². The molecule has 1 saturated carbocycles. The zero-order valence-corrected chi connectivity index (χ0v) is 11.1. The largest absolute Gasteiger partial charge is 0.444 e. The van der Waals surface area contributed by atoms with E-state index >= 15 is 0 Å². The SMILES string of the molecule is C[C@@H]1CCC[C@H](NC(=O)OC(C)(C)C)[C@@H]1C#N. The molecule has 0 aliphatic heterocycles. The number of alkyl carbamates (subject to hydrolysis) is 1. The van der Waals surface area contributed by atoms with Crippen molar-refractivity contribution < 1.29 is 9.53 Å². The zero-order valence-electron chi connectivity index (χ0n) is 11.1. The van der Waals surface area contributed by atoms with Crippen molar-refractivity contribution in [2.75, 3.05) is 0 Å². The highest BCUT2D eigenvalue weighted by atomic mass is 16.6. The summed E-state index contributed by atoms with van der Waals surface area (Å²) in [6.45, 7) is 7.56. The van der Waals surface area contributed by atoms with E-state index in [1.165, 1.54) is 0 Å². The summed E-state index contributed by atoms with van der Waals surface area (Å²) in [6, 6.07) is 2.23. The van der Waals surface area contributed by atoms with Crippen LogP contribution >= 0.6 is 0 Å². The number of amides is 1. The molecule has 0 unspecified atom stereocenters. The Morgan fingerprint density at radius 1 is 1.41 bits per heavy atom. The van der Waals surface area contributed by atoms with Gasteiger partial charge in [0.2, 0.25) is 0 Å². The summed E-state index contributed by atoms with van der Waals surface area (Å²) < 4.78 is 5.21. The third-order valence-electron chi connectivity index (χ3n) is 3.07. The highest BCUT2D eigenvalue weighted by Gasteiger charge is 2.32. The first-order chi connectivity index (χ1) is 7.83. The minimum atomic E-state index is -0.494. The van der Waals surface area contributed by atoms with E-state index in [0.717, 1.165) is 19.3 Å². The fourth-order valence-electron chi connectivity index (χ4n) is 2.25. The van der Waals surface area contributed by atoms with Crippen molar-refractivity contribution >= 4 is 6.09 Å². The highest BCUT2D eigenvalue weighted by molar-refractivity contribution is 5.68. The lowest BCUT2D eigenvalue weighted by Crippen LogP contribution is -2.46. The second-order valence-electron chi connectivity index (χ2n) is 5.82. The van der Waals surface area contributed by atoms with Gasteiger partial charge in [0.25, 0.3) is 0 Å². The Bertz CT molecular complexity index is 314. The summed E-state index contributed by atoms with van der Waals surface area (Å²) in [5.74, 6) is 0.241. The normalized spacial score (nSPS) is 29.2. The molecule has 1 fully saturated rings. The van der Waals surface area contributed by atoms with E-state index < -0.39 is 11.7 Å². The Labute approximate surface area is 103 Å². The van der Waals surface area contributed by atoms with Crippen LogP contribution in [0, 0.1) is 23.2 Å². The molecule has 1 N–H and O–H groups in total. The average molecular weight is 238 g/mol. The van der Waals surface area contributed by atoms with Gasteiger partial charge in [-0.2, -0.15) is 5.26 Å². The van der Waals surface area contributed by atoms with Gasteiger partial charge in [0.1, 0.15) is 5.60 Å². The Morgan fingerprint density at radius 2 is 2.06 bits per heavy atom. The molecule has 4 nitrogen and oxygen atoms in total. The van der Waals surface area contributed by atoms with Gasteiger partial charge in [-0.05, 0) is 39.5 Å². The van der Waals surface area contributed by atoms with Crippen LogP contribution in [0.25, 0.3) is 0 Å². The first kappa shape index (κ1) is 13.8. The van der Waals surface area contributed by atoms with E-state index in [1.54, 1.807) is 0 Å². The highest BCUT2D eigenvalue weighted by Crippen LogP contribution is 2.29. The second-order valence-corrected chi connectivity index (χ2v) is 5.82. The molecule has 96 valence electrons. The molecular formula is C13H22N2O2. The van der Waals surface area contributed by atoms with Crippen molar-refractivity contribution in [2.24, 2.45) is 11.8 Å². The number of carbonyl (C=O) groups excluding carboxylic acids is 1. The Balaban J connectivity index is 2.55. The van der Waals surface area contributed by atoms with Crippen LogP contribution in [0.2, 0.25) is 0 Å². The summed E-state index contributed by atoms with van der Waals surface area (Å²) >= 11 is 0. The van der Waals surface area contributed by atoms with Gasteiger partial charge >= 0.3 is 6.09 Å². The number of nitriles is 1. The monoisotopic (exact) mass is 238 g/mol. The van der Waals surface area contributed by atoms with Crippen LogP contribution in [0.4, 0.5) is 4.79 Å². The molecule has 17 heavy (non-hydrogen) atoms. The fourth-order valence-corrected chi connectivity index (χ4v) is 2.25. The van der Waals surface area contributed by atoms with Crippen molar-refractivity contribution in [1.82, 2.24) is 5.32 Å². The lowest BCUT2D eigenvalue weighted by molar-refractivity contribution is 0.0468. The van der Waals surface area contributed by atoms with Gasteiger partial charge in [-0.1, -0.05) is 13.3 Å². The maximum atomic E-state index is 11.7. The minimum Gasteiger partial charge on any atom is -0.444 e. The Morgan fingerprint density at radius 3 is 2.59 bits per heavy atom. The minimum absolute atomic E-state index is 0.0707. The van der Waals surface area contributed by atoms with Gasteiger partial charge in [0.05, 0.1) is 12.0 Å². The number of rotatable bonds is 1. The number of nitrogens with one attached hydrogen (secondary N) is 1. The van der Waals surface area contributed by atoms with Crippen LogP contribution in [-0.2, 0) is 4.74 Å². The van der Waals surface area contributed by atoms with Gasteiger partial charge in [-0.25, -0.2) is 4.79 Å². The molecule has 0 radical (unpaired) electrons. The zero-order chi connectivity index (χ0) is 13.1. The summed E-state index contributed by atoms with van der Waals surface area (Å²) in [6.07, 6.45) is 2.56. The number of carbonyl (C=O) groups is 1. The molecule has 0 saturated heterocycles. The van der Waals surface area contributed by atoms with Crippen molar-refractivity contribution in [3.8, 4) is 6.07 Å². The van der Waals surface area contributed by atoms with E-state index in [1.807, 2.05) is 20.8 Å². The molecule has 1 rings (SSSR count). The molecule has 0 aromatic rings. The van der Waals surface area contributed by atoms with E-state index in [2.05, 4.69) is 18.3 Å². The van der Waals surface area contributed by atoms with E-state index in [-0.39, 0.29) is 12.0 Å². The molecule has 3 atom stereocenters. The van der Waals surface area contributed by atoms with Crippen molar-refractivity contribution in [3.63, 3.8) is 0 Å². The topological polar surface area (TPSA) is 62.1 Å². The third-order valence-corrected chi connectivity index (χ3v) is 3.07. The van der Waals surface area contributed by atoms with Gasteiger partial charge in [0, 0.05) is 6.04 Å². The molecular weight excluding hydrogens is 216 g/mol. The smallest absolute Gasteiger partial charge is 0.407 e. The van der Waals surface area contributed by atoms with Gasteiger partial charge in [-0.3, -0.25) is 0 Å². The molecule has 0 spiro atoms. The lowest BCUT2D eigenvalue weighted by Gasteiger charge is -2.33. The lowest BCUT2D eigenvalue weighted by atomic mass is 9.78. The predicted octanol–water partition coefficient (Wildman–Crippen LogP) is 2.84. The third kappa shape index (κ3) is 4.26. The van der Waals surface area contributed by atoms with Gasteiger partial charge in [0.15, 0.2) is 0 Å². The average Bonchev–Trinajstić information content (AvgIpc) is 2.14. The summed E-state index contributed by atoms with van der Waals surface area (Å²) in [5, 5.41) is 12.0. The van der Waals surface area contributed by atoms with Crippen LogP contribution in [0.3, 0.4) is 0 Å². The molecule has 1 aliphatic rings. The number of ether oxygens (including phenoxy) is 1. The first-order valence-electron chi connectivity index (χ1n) is 6.22. The quantitative estimate of drug-likeness (QED) is 0.764. The Hall–Kier alpha value is -1.24. The first-order valence-corrected chi connectivity index (χ1v) is 6.22. The molecule has 1 amide bonds. The molecule has 0 aromatic heterocycles. The van der Waals surface area contributed by atoms with Crippen LogP contribution in [0.15, 0.2) is 0 Å². The van der Waals surface area contributed by atoms with Gasteiger partial charge in [-0.15, -0.1) is 0 Å². The van der Waals surface area contributed by atoms with Crippen LogP contribution in [-0.4, -0.2) is 17.7 Å². The fraction of sp³-hybridized carbons (Fsp3) is 0.846. The summed E-state index contributed by atoms with van der Waals surface area (Å²) in [5.41, 5.74) is -0.494. The molecule has 0 aromatic carbocycles. The van der Waals surface area contributed by atoms with Gasteiger partial charge < -0.3 is 10.1 Å². The van der Waals surface area contributed by atoms with E-state index in [4.69, 9.17) is 10.00 Å². The van der Waals surface area contributed by atoms with Crippen LogP contribution < -0.4 is 5.32 Å². The standard InChI is InChI=1S/C13H22N2O2/c1-9-6-5-7-11(10(9)8-14)15-12(16)17-13(2,3)4/h9-11H,5-7H2,1-4H3,(H,15,16)/t9-,10-,11+/m1/s1. The maximum absolute atomic E-state index is 11.7. The number of nitrogens with zero attached hydrogens (tertiary/aromatic N) is 1. The summed E-state index contributed by atoms with van der Waals surface area (Å²) in [4.78, 5) is 11.7.